The van der Waals surface area contributed by atoms with Crippen molar-refractivity contribution in [2.24, 2.45) is 0 Å². The maximum Gasteiger partial charge on any atom is 0.211 e. The van der Waals surface area contributed by atoms with Gasteiger partial charge in [0.25, 0.3) is 0 Å². The summed E-state index contributed by atoms with van der Waals surface area (Å²) < 4.78 is 25.7. The number of benzene rings is 2. The molecule has 0 saturated carbocycles. The van der Waals surface area contributed by atoms with E-state index in [4.69, 9.17) is 0 Å². The predicted octanol–water partition coefficient (Wildman–Crippen LogP) is 2.59. The molecule has 1 unspecified atom stereocenters. The van der Waals surface area contributed by atoms with E-state index < -0.39 is 16.1 Å². The van der Waals surface area contributed by atoms with Gasteiger partial charge in [0.05, 0.1) is 11.9 Å². The summed E-state index contributed by atoms with van der Waals surface area (Å²) in [5.74, 6) is 0.122. The zero-order chi connectivity index (χ0) is 15.3. The van der Waals surface area contributed by atoms with Gasteiger partial charge in [0.2, 0.25) is 10.0 Å². The Bertz CT molecular complexity index is 692. The second kappa shape index (κ2) is 7.02. The molecule has 4 nitrogen and oxygen atoms in total. The summed E-state index contributed by atoms with van der Waals surface area (Å²) in [4.78, 5) is 0. The van der Waals surface area contributed by atoms with Crippen LogP contribution in [0.25, 0.3) is 10.8 Å². The number of fused-ring (bicyclic) bond motifs is 1. The maximum absolute atomic E-state index is 11.6. The van der Waals surface area contributed by atoms with E-state index in [1.165, 1.54) is 0 Å². The van der Waals surface area contributed by atoms with Gasteiger partial charge in [-0.2, -0.15) is 0 Å². The van der Waals surface area contributed by atoms with Gasteiger partial charge in [0.15, 0.2) is 0 Å². The lowest BCUT2D eigenvalue weighted by Gasteiger charge is -2.14. The summed E-state index contributed by atoms with van der Waals surface area (Å²) in [6.45, 7) is 2.07. The SMILES string of the molecule is CCCS(=O)(=O)NCCC(O)c1cccc2ccccc12. The van der Waals surface area contributed by atoms with Crippen LogP contribution in [0.2, 0.25) is 0 Å². The smallest absolute Gasteiger partial charge is 0.211 e. The molecule has 0 saturated heterocycles. The van der Waals surface area contributed by atoms with Crippen molar-refractivity contribution in [3.63, 3.8) is 0 Å². The van der Waals surface area contributed by atoms with Crippen LogP contribution in [0, 0.1) is 0 Å². The molecular weight excluding hydrogens is 286 g/mol. The topological polar surface area (TPSA) is 66.4 Å². The average molecular weight is 307 g/mol. The predicted molar refractivity (Wildman–Crippen MR) is 85.6 cm³/mol. The van der Waals surface area contributed by atoms with Crippen molar-refractivity contribution in [2.75, 3.05) is 12.3 Å². The third-order valence-electron chi connectivity index (χ3n) is 3.39. The Morgan fingerprint density at radius 2 is 1.86 bits per heavy atom. The maximum atomic E-state index is 11.6. The first kappa shape index (κ1) is 15.9. The standard InChI is InChI=1S/C16H21NO3S/c1-2-12-21(19,20)17-11-10-16(18)15-9-5-7-13-6-3-4-8-14(13)15/h3-9,16-18H,2,10-12H2,1H3. The zero-order valence-electron chi connectivity index (χ0n) is 12.1. The number of hydrogen-bond acceptors (Lipinski definition) is 3. The van der Waals surface area contributed by atoms with Gasteiger partial charge in [-0.3, -0.25) is 0 Å². The first-order valence-electron chi connectivity index (χ1n) is 7.16. The summed E-state index contributed by atoms with van der Waals surface area (Å²) in [5.41, 5.74) is 0.836. The molecule has 0 bridgehead atoms. The van der Waals surface area contributed by atoms with Gasteiger partial charge in [-0.05, 0) is 29.2 Å². The fraction of sp³-hybridized carbons (Fsp3) is 0.375. The fourth-order valence-electron chi connectivity index (χ4n) is 2.39. The van der Waals surface area contributed by atoms with Crippen LogP contribution in [-0.2, 0) is 10.0 Å². The Morgan fingerprint density at radius 3 is 2.62 bits per heavy atom. The molecule has 21 heavy (non-hydrogen) atoms. The molecular formula is C16H21NO3S. The average Bonchev–Trinajstić information content (AvgIpc) is 2.46. The van der Waals surface area contributed by atoms with Gasteiger partial charge in [0, 0.05) is 6.54 Å². The van der Waals surface area contributed by atoms with E-state index in [0.717, 1.165) is 16.3 Å². The van der Waals surface area contributed by atoms with Gasteiger partial charge < -0.3 is 5.11 Å². The number of aliphatic hydroxyl groups is 1. The van der Waals surface area contributed by atoms with Crippen LogP contribution in [0.3, 0.4) is 0 Å². The molecule has 0 amide bonds. The van der Waals surface area contributed by atoms with Crippen molar-refractivity contribution in [1.29, 1.82) is 0 Å². The van der Waals surface area contributed by atoms with Crippen LogP contribution in [0.5, 0.6) is 0 Å². The van der Waals surface area contributed by atoms with Crippen LogP contribution < -0.4 is 4.72 Å². The van der Waals surface area contributed by atoms with Crippen LogP contribution in [0.4, 0.5) is 0 Å². The minimum atomic E-state index is -3.21. The quantitative estimate of drug-likeness (QED) is 0.826. The zero-order valence-corrected chi connectivity index (χ0v) is 12.9. The highest BCUT2D eigenvalue weighted by molar-refractivity contribution is 7.89. The van der Waals surface area contributed by atoms with Gasteiger partial charge in [-0.25, -0.2) is 13.1 Å². The lowest BCUT2D eigenvalue weighted by Crippen LogP contribution is -2.28. The number of rotatable bonds is 7. The van der Waals surface area contributed by atoms with Crippen molar-refractivity contribution in [2.45, 2.75) is 25.9 Å². The molecule has 0 aliphatic rings. The van der Waals surface area contributed by atoms with E-state index in [1.807, 2.05) is 49.4 Å². The Hall–Kier alpha value is -1.43. The Labute approximate surface area is 125 Å². The lowest BCUT2D eigenvalue weighted by atomic mass is 9.99. The molecule has 0 aromatic heterocycles. The highest BCUT2D eigenvalue weighted by Gasteiger charge is 2.13. The number of sulfonamides is 1. The van der Waals surface area contributed by atoms with E-state index in [0.29, 0.717) is 12.8 Å². The summed E-state index contributed by atoms with van der Waals surface area (Å²) in [6.07, 6.45) is 0.262. The monoisotopic (exact) mass is 307 g/mol. The Balaban J connectivity index is 2.04. The number of nitrogens with one attached hydrogen (secondary N) is 1. The summed E-state index contributed by atoms with van der Waals surface area (Å²) >= 11 is 0. The highest BCUT2D eigenvalue weighted by Crippen LogP contribution is 2.25. The Kier molecular flexibility index (Phi) is 5.33. The molecule has 2 aromatic carbocycles. The van der Waals surface area contributed by atoms with E-state index in [9.17, 15) is 13.5 Å². The molecule has 0 heterocycles. The normalized spacial score (nSPS) is 13.4. The molecule has 5 heteroatoms. The van der Waals surface area contributed by atoms with E-state index in [2.05, 4.69) is 4.72 Å². The molecule has 0 aliphatic heterocycles. The summed E-state index contributed by atoms with van der Waals surface area (Å²) in [7, 11) is -3.21. The van der Waals surface area contributed by atoms with Crippen molar-refractivity contribution >= 4 is 20.8 Å². The van der Waals surface area contributed by atoms with Gasteiger partial charge in [0.1, 0.15) is 0 Å². The van der Waals surface area contributed by atoms with Crippen LogP contribution in [0.1, 0.15) is 31.4 Å². The largest absolute Gasteiger partial charge is 0.388 e. The van der Waals surface area contributed by atoms with Crippen molar-refractivity contribution in [1.82, 2.24) is 4.72 Å². The van der Waals surface area contributed by atoms with Crippen LogP contribution in [0.15, 0.2) is 42.5 Å². The van der Waals surface area contributed by atoms with Gasteiger partial charge in [-0.1, -0.05) is 49.4 Å². The Morgan fingerprint density at radius 1 is 1.14 bits per heavy atom. The molecule has 114 valence electrons. The van der Waals surface area contributed by atoms with E-state index in [1.54, 1.807) is 0 Å². The minimum Gasteiger partial charge on any atom is -0.388 e. The minimum absolute atomic E-state index is 0.122. The van der Waals surface area contributed by atoms with Gasteiger partial charge >= 0.3 is 0 Å². The number of aliphatic hydroxyl groups excluding tert-OH is 1. The van der Waals surface area contributed by atoms with Gasteiger partial charge in [-0.15, -0.1) is 0 Å². The third kappa shape index (κ3) is 4.27. The van der Waals surface area contributed by atoms with Crippen molar-refractivity contribution in [3.05, 3.63) is 48.0 Å². The fourth-order valence-corrected chi connectivity index (χ4v) is 3.50. The molecule has 2 aromatic rings. The molecule has 2 rings (SSSR count). The molecule has 1 atom stereocenters. The second-order valence-corrected chi connectivity index (χ2v) is 7.01. The first-order chi connectivity index (χ1) is 10.0. The van der Waals surface area contributed by atoms with Crippen molar-refractivity contribution < 1.29 is 13.5 Å². The molecule has 0 radical (unpaired) electrons. The molecule has 0 spiro atoms. The summed E-state index contributed by atoms with van der Waals surface area (Å²) in [6, 6.07) is 13.6. The first-order valence-corrected chi connectivity index (χ1v) is 8.82. The van der Waals surface area contributed by atoms with Crippen LogP contribution >= 0.6 is 0 Å². The third-order valence-corrected chi connectivity index (χ3v) is 4.98. The highest BCUT2D eigenvalue weighted by atomic mass is 32.2. The molecule has 0 aliphatic carbocycles. The second-order valence-electron chi connectivity index (χ2n) is 5.09. The molecule has 0 fully saturated rings. The number of hydrogen-bond donors (Lipinski definition) is 2. The lowest BCUT2D eigenvalue weighted by molar-refractivity contribution is 0.170. The van der Waals surface area contributed by atoms with Crippen LogP contribution in [-0.4, -0.2) is 25.8 Å². The van der Waals surface area contributed by atoms with E-state index in [-0.39, 0.29) is 12.3 Å². The van der Waals surface area contributed by atoms with Crippen molar-refractivity contribution in [3.8, 4) is 0 Å². The van der Waals surface area contributed by atoms with E-state index >= 15 is 0 Å². The molecule has 2 N–H and O–H groups in total. The summed E-state index contributed by atoms with van der Waals surface area (Å²) in [5, 5.41) is 12.4.